The monoisotopic (exact) mass is 184 g/mol. The van der Waals surface area contributed by atoms with E-state index in [1.54, 1.807) is 0 Å². The van der Waals surface area contributed by atoms with Crippen molar-refractivity contribution in [3.8, 4) is 0 Å². The maximum Gasteiger partial charge on any atom is 0.340 e. The normalized spacial score (nSPS) is 15.0. The Morgan fingerprint density at radius 3 is 2.23 bits per heavy atom. The summed E-state index contributed by atoms with van der Waals surface area (Å²) < 4.78 is 12.4. The lowest BCUT2D eigenvalue weighted by Gasteiger charge is -2.17. The molecule has 0 radical (unpaired) electrons. The largest absolute Gasteiger partial charge is 0.479 e. The zero-order valence-corrected chi connectivity index (χ0v) is 6.99. The first-order valence-corrected chi connectivity index (χ1v) is 3.66. The molecule has 0 amide bonds. The van der Waals surface area contributed by atoms with E-state index in [9.17, 15) is 14.3 Å². The predicted molar refractivity (Wildman–Crippen MR) is 43.6 cm³/mol. The number of hydrogen-bond donors (Lipinski definition) is 2. The Kier molecular flexibility index (Phi) is 2.34. The molecule has 1 aromatic carbocycles. The van der Waals surface area contributed by atoms with Crippen molar-refractivity contribution >= 4 is 5.97 Å². The van der Waals surface area contributed by atoms with Crippen molar-refractivity contribution in [1.82, 2.24) is 0 Å². The van der Waals surface area contributed by atoms with Gasteiger partial charge in [-0.15, -0.1) is 0 Å². The van der Waals surface area contributed by atoms with Gasteiger partial charge in [0.15, 0.2) is 5.60 Å². The summed E-state index contributed by atoms with van der Waals surface area (Å²) in [6.45, 7) is 1.14. The van der Waals surface area contributed by atoms with Gasteiger partial charge in [-0.1, -0.05) is 12.1 Å². The molecule has 70 valence electrons. The average Bonchev–Trinajstić information content (AvgIpc) is 2.04. The van der Waals surface area contributed by atoms with Gasteiger partial charge < -0.3 is 10.2 Å². The lowest BCUT2D eigenvalue weighted by Crippen LogP contribution is -2.31. The molecule has 0 saturated carbocycles. The Balaban J connectivity index is 3.08. The van der Waals surface area contributed by atoms with Crippen molar-refractivity contribution in [1.29, 1.82) is 0 Å². The standard InChI is InChI=1S/C9H9FO3/c1-9(13,8(11)12)6-2-4-7(10)5-3-6/h2-5,13H,1H3,(H,11,12). The second kappa shape index (κ2) is 3.14. The molecule has 1 rings (SSSR count). The Labute approximate surface area is 74.4 Å². The van der Waals surface area contributed by atoms with Crippen LogP contribution in [0.2, 0.25) is 0 Å². The molecule has 0 aliphatic carbocycles. The van der Waals surface area contributed by atoms with Crippen molar-refractivity contribution in [2.75, 3.05) is 0 Å². The lowest BCUT2D eigenvalue weighted by molar-refractivity contribution is -0.157. The number of halogens is 1. The van der Waals surface area contributed by atoms with E-state index in [2.05, 4.69) is 0 Å². The quantitative estimate of drug-likeness (QED) is 0.724. The summed E-state index contributed by atoms with van der Waals surface area (Å²) in [4.78, 5) is 10.6. The molecule has 2 N–H and O–H groups in total. The Hall–Kier alpha value is -1.42. The second-order valence-electron chi connectivity index (χ2n) is 2.88. The number of rotatable bonds is 2. The fourth-order valence-electron chi connectivity index (χ4n) is 0.898. The zero-order valence-electron chi connectivity index (χ0n) is 6.99. The first-order chi connectivity index (χ1) is 5.94. The van der Waals surface area contributed by atoms with Gasteiger partial charge >= 0.3 is 5.97 Å². The average molecular weight is 184 g/mol. The highest BCUT2D eigenvalue weighted by Gasteiger charge is 2.31. The van der Waals surface area contributed by atoms with Crippen molar-refractivity contribution in [3.05, 3.63) is 35.6 Å². The Bertz CT molecular complexity index is 316. The summed E-state index contributed by atoms with van der Waals surface area (Å²) in [5.41, 5.74) is -1.81. The van der Waals surface area contributed by atoms with E-state index in [1.165, 1.54) is 12.1 Å². The van der Waals surface area contributed by atoms with Crippen molar-refractivity contribution < 1.29 is 19.4 Å². The molecule has 3 nitrogen and oxygen atoms in total. The van der Waals surface area contributed by atoms with Gasteiger partial charge in [-0.2, -0.15) is 0 Å². The fraction of sp³-hybridized carbons (Fsp3) is 0.222. The maximum absolute atomic E-state index is 12.4. The maximum atomic E-state index is 12.4. The van der Waals surface area contributed by atoms with Crippen LogP contribution in [0.1, 0.15) is 12.5 Å². The van der Waals surface area contributed by atoms with Gasteiger partial charge in [0.2, 0.25) is 0 Å². The summed E-state index contributed by atoms with van der Waals surface area (Å²) in [5, 5.41) is 18.1. The Morgan fingerprint density at radius 1 is 1.38 bits per heavy atom. The summed E-state index contributed by atoms with van der Waals surface area (Å²) in [5.74, 6) is -1.83. The van der Waals surface area contributed by atoms with E-state index in [4.69, 9.17) is 5.11 Å². The SMILES string of the molecule is CC(O)(C(=O)O)c1ccc(F)cc1. The Morgan fingerprint density at radius 2 is 1.85 bits per heavy atom. The van der Waals surface area contributed by atoms with E-state index in [0.717, 1.165) is 19.1 Å². The van der Waals surface area contributed by atoms with Crippen LogP contribution in [0.15, 0.2) is 24.3 Å². The summed E-state index contributed by atoms with van der Waals surface area (Å²) in [6, 6.07) is 4.69. The molecule has 0 aliphatic rings. The number of carboxylic acid groups (broad SMARTS) is 1. The molecule has 0 fully saturated rings. The van der Waals surface area contributed by atoms with Gasteiger partial charge in [0.05, 0.1) is 0 Å². The summed E-state index contributed by atoms with van der Waals surface area (Å²) in [6.07, 6.45) is 0. The van der Waals surface area contributed by atoms with Crippen LogP contribution in [0.4, 0.5) is 4.39 Å². The third kappa shape index (κ3) is 1.84. The first kappa shape index (κ1) is 9.67. The molecule has 4 heteroatoms. The number of aliphatic carboxylic acids is 1. The van der Waals surface area contributed by atoms with E-state index in [-0.39, 0.29) is 5.56 Å². The van der Waals surface area contributed by atoms with Crippen molar-refractivity contribution in [3.63, 3.8) is 0 Å². The predicted octanol–water partition coefficient (Wildman–Crippen LogP) is 1.12. The minimum absolute atomic E-state index is 0.154. The number of aliphatic hydroxyl groups is 1. The van der Waals surface area contributed by atoms with Gasteiger partial charge in [0.1, 0.15) is 5.82 Å². The summed E-state index contributed by atoms with van der Waals surface area (Å²) >= 11 is 0. The minimum Gasteiger partial charge on any atom is -0.479 e. The van der Waals surface area contributed by atoms with Crippen LogP contribution in [-0.2, 0) is 10.4 Å². The molecule has 1 aromatic rings. The highest BCUT2D eigenvalue weighted by Crippen LogP contribution is 2.20. The zero-order chi connectivity index (χ0) is 10.1. The van der Waals surface area contributed by atoms with Crippen LogP contribution in [-0.4, -0.2) is 16.2 Å². The van der Waals surface area contributed by atoms with Gasteiger partial charge in [-0.25, -0.2) is 9.18 Å². The highest BCUT2D eigenvalue weighted by atomic mass is 19.1. The number of carbonyl (C=O) groups is 1. The molecule has 0 aliphatic heterocycles. The van der Waals surface area contributed by atoms with Crippen LogP contribution in [0, 0.1) is 5.82 Å². The topological polar surface area (TPSA) is 57.5 Å². The first-order valence-electron chi connectivity index (χ1n) is 3.66. The van der Waals surface area contributed by atoms with Crippen LogP contribution in [0.3, 0.4) is 0 Å². The van der Waals surface area contributed by atoms with E-state index in [0.29, 0.717) is 0 Å². The molecule has 13 heavy (non-hydrogen) atoms. The van der Waals surface area contributed by atoms with Crippen LogP contribution >= 0.6 is 0 Å². The molecule has 0 bridgehead atoms. The number of benzene rings is 1. The van der Waals surface area contributed by atoms with E-state index >= 15 is 0 Å². The number of carboxylic acids is 1. The molecule has 0 heterocycles. The number of hydrogen-bond acceptors (Lipinski definition) is 2. The molecule has 0 aromatic heterocycles. The van der Waals surface area contributed by atoms with Gasteiger partial charge in [-0.05, 0) is 24.6 Å². The second-order valence-corrected chi connectivity index (χ2v) is 2.88. The van der Waals surface area contributed by atoms with E-state index < -0.39 is 17.4 Å². The van der Waals surface area contributed by atoms with Gasteiger partial charge in [0, 0.05) is 0 Å². The van der Waals surface area contributed by atoms with Crippen LogP contribution in [0.25, 0.3) is 0 Å². The molecule has 0 spiro atoms. The van der Waals surface area contributed by atoms with Gasteiger partial charge in [0.25, 0.3) is 0 Å². The van der Waals surface area contributed by atoms with Crippen molar-refractivity contribution in [2.45, 2.75) is 12.5 Å². The van der Waals surface area contributed by atoms with Crippen LogP contribution in [0.5, 0.6) is 0 Å². The molecule has 0 saturated heterocycles. The van der Waals surface area contributed by atoms with E-state index in [1.807, 2.05) is 0 Å². The minimum atomic E-state index is -1.96. The smallest absolute Gasteiger partial charge is 0.340 e. The third-order valence-electron chi connectivity index (χ3n) is 1.82. The summed E-state index contributed by atoms with van der Waals surface area (Å²) in [7, 11) is 0. The fourth-order valence-corrected chi connectivity index (χ4v) is 0.898. The molecular formula is C9H9FO3. The molecular weight excluding hydrogens is 175 g/mol. The van der Waals surface area contributed by atoms with Gasteiger partial charge in [-0.3, -0.25) is 0 Å². The lowest BCUT2D eigenvalue weighted by atomic mass is 9.96. The molecule has 1 atom stereocenters. The van der Waals surface area contributed by atoms with Crippen molar-refractivity contribution in [2.24, 2.45) is 0 Å². The van der Waals surface area contributed by atoms with Crippen LogP contribution < -0.4 is 0 Å². The molecule has 1 unspecified atom stereocenters. The highest BCUT2D eigenvalue weighted by molar-refractivity contribution is 5.78. The third-order valence-corrected chi connectivity index (χ3v) is 1.82.